The maximum absolute atomic E-state index is 11.4. The third kappa shape index (κ3) is 1.72. The van der Waals surface area contributed by atoms with E-state index in [2.05, 4.69) is 10.2 Å². The van der Waals surface area contributed by atoms with Crippen molar-refractivity contribution in [1.29, 1.82) is 5.26 Å². The van der Waals surface area contributed by atoms with Crippen LogP contribution in [0.15, 0.2) is 12.4 Å². The zero-order valence-corrected chi connectivity index (χ0v) is 7.56. The number of nitriles is 1. The number of ketones is 1. The number of aromatic nitrogens is 3. The highest BCUT2D eigenvalue weighted by Crippen LogP contribution is 2.14. The molecule has 0 aliphatic carbocycles. The summed E-state index contributed by atoms with van der Waals surface area (Å²) in [4.78, 5) is 12.8. The van der Waals surface area contributed by atoms with E-state index in [0.717, 1.165) is 0 Å². The van der Waals surface area contributed by atoms with Gasteiger partial charge in [-0.05, 0) is 13.8 Å². The van der Waals surface area contributed by atoms with Crippen molar-refractivity contribution in [2.75, 3.05) is 0 Å². The highest BCUT2D eigenvalue weighted by Gasteiger charge is 2.30. The fraction of sp³-hybridized carbons (Fsp3) is 0.500. The lowest BCUT2D eigenvalue weighted by molar-refractivity contribution is -0.126. The smallest absolute Gasteiger partial charge is 0.175 e. The number of rotatable bonds is 3. The van der Waals surface area contributed by atoms with Crippen molar-refractivity contribution in [2.45, 2.75) is 25.8 Å². The van der Waals surface area contributed by atoms with Gasteiger partial charge in [-0.15, -0.1) is 0 Å². The summed E-state index contributed by atoms with van der Waals surface area (Å²) in [5, 5.41) is 16.1. The number of hydrogen-bond acceptors (Lipinski definition) is 4. The Hall–Kier alpha value is -1.70. The Labute approximate surface area is 76.0 Å². The van der Waals surface area contributed by atoms with Crippen molar-refractivity contribution in [3.63, 3.8) is 0 Å². The molecule has 13 heavy (non-hydrogen) atoms. The summed E-state index contributed by atoms with van der Waals surface area (Å²) >= 11 is 0. The summed E-state index contributed by atoms with van der Waals surface area (Å²) in [5.41, 5.74) is -0.834. The molecule has 0 N–H and O–H groups in total. The molecule has 0 saturated heterocycles. The Morgan fingerprint density at radius 3 is 2.54 bits per heavy atom. The van der Waals surface area contributed by atoms with E-state index in [1.54, 1.807) is 13.8 Å². The van der Waals surface area contributed by atoms with Crippen LogP contribution in [0.1, 0.15) is 20.3 Å². The summed E-state index contributed by atoms with van der Waals surface area (Å²) in [6.07, 6.45) is 2.89. The normalized spacial score (nSPS) is 10.8. The van der Waals surface area contributed by atoms with Gasteiger partial charge >= 0.3 is 0 Å². The van der Waals surface area contributed by atoms with E-state index < -0.39 is 5.54 Å². The first-order valence-electron chi connectivity index (χ1n) is 3.86. The fourth-order valence-electron chi connectivity index (χ4n) is 0.904. The number of carbonyl (C=O) groups excluding carboxylic acids is 1. The molecule has 0 fully saturated rings. The molecule has 1 aromatic rings. The third-order valence-corrected chi connectivity index (χ3v) is 1.84. The molecule has 1 aromatic heterocycles. The van der Waals surface area contributed by atoms with Gasteiger partial charge in [0.05, 0.1) is 24.9 Å². The number of hydrogen-bond donors (Lipinski definition) is 0. The second kappa shape index (κ2) is 3.35. The quantitative estimate of drug-likeness (QED) is 0.675. The van der Waals surface area contributed by atoms with Crippen LogP contribution in [0.4, 0.5) is 0 Å². The van der Waals surface area contributed by atoms with E-state index in [1.807, 2.05) is 6.07 Å². The van der Waals surface area contributed by atoms with Crippen LogP contribution < -0.4 is 0 Å². The Kier molecular flexibility index (Phi) is 2.42. The van der Waals surface area contributed by atoms with Crippen molar-refractivity contribution in [3.05, 3.63) is 12.4 Å². The summed E-state index contributed by atoms with van der Waals surface area (Å²) in [7, 11) is 0. The van der Waals surface area contributed by atoms with Gasteiger partial charge in [0, 0.05) is 0 Å². The molecule has 0 aromatic carbocycles. The highest BCUT2D eigenvalue weighted by molar-refractivity contribution is 5.87. The largest absolute Gasteiger partial charge is 0.296 e. The standard InChI is InChI=1S/C8H10N4O/c1-8(2,7(13)3-4-9)12-10-5-6-11-12/h5-6H,3H2,1-2H3. The molecule has 1 rings (SSSR count). The minimum atomic E-state index is -0.834. The Balaban J connectivity index is 2.90. The van der Waals surface area contributed by atoms with Crippen molar-refractivity contribution in [3.8, 4) is 6.07 Å². The molecular weight excluding hydrogens is 168 g/mol. The van der Waals surface area contributed by atoms with Crippen LogP contribution in [0.3, 0.4) is 0 Å². The van der Waals surface area contributed by atoms with Gasteiger partial charge in [-0.2, -0.15) is 20.3 Å². The predicted octanol–water partition coefficient (Wildman–Crippen LogP) is 0.496. The molecule has 1 heterocycles. The first-order chi connectivity index (χ1) is 6.09. The zero-order chi connectivity index (χ0) is 9.90. The van der Waals surface area contributed by atoms with E-state index in [1.165, 1.54) is 17.2 Å². The molecule has 5 nitrogen and oxygen atoms in total. The maximum Gasteiger partial charge on any atom is 0.175 e. The van der Waals surface area contributed by atoms with E-state index in [0.29, 0.717) is 0 Å². The number of nitrogens with zero attached hydrogens (tertiary/aromatic N) is 4. The molecule has 0 unspecified atom stereocenters. The molecule has 0 radical (unpaired) electrons. The molecule has 5 heteroatoms. The van der Waals surface area contributed by atoms with Gasteiger partial charge in [0.25, 0.3) is 0 Å². The second-order valence-corrected chi connectivity index (χ2v) is 3.14. The van der Waals surface area contributed by atoms with Gasteiger partial charge in [-0.3, -0.25) is 4.79 Å². The van der Waals surface area contributed by atoms with Crippen LogP contribution in [-0.4, -0.2) is 20.8 Å². The first kappa shape index (κ1) is 9.39. The SMILES string of the molecule is CC(C)(C(=O)CC#N)n1nccn1. The topological polar surface area (TPSA) is 71.6 Å². The van der Waals surface area contributed by atoms with Gasteiger partial charge < -0.3 is 0 Å². The average molecular weight is 178 g/mol. The minimum absolute atomic E-state index is 0.117. The average Bonchev–Trinajstić information content (AvgIpc) is 2.56. The van der Waals surface area contributed by atoms with Crippen molar-refractivity contribution in [1.82, 2.24) is 15.0 Å². The van der Waals surface area contributed by atoms with Gasteiger partial charge in [0.15, 0.2) is 5.78 Å². The lowest BCUT2D eigenvalue weighted by Crippen LogP contribution is -2.37. The molecule has 0 aliphatic rings. The number of Topliss-reactive ketones (excluding diaryl/α,β-unsaturated/α-hetero) is 1. The van der Waals surface area contributed by atoms with Crippen LogP contribution in [0.25, 0.3) is 0 Å². The van der Waals surface area contributed by atoms with Crippen LogP contribution in [0.5, 0.6) is 0 Å². The van der Waals surface area contributed by atoms with Gasteiger partial charge in [0.1, 0.15) is 5.54 Å². The Morgan fingerprint density at radius 2 is 2.08 bits per heavy atom. The van der Waals surface area contributed by atoms with Gasteiger partial charge in [-0.25, -0.2) is 0 Å². The summed E-state index contributed by atoms with van der Waals surface area (Å²) in [6, 6.07) is 1.82. The lowest BCUT2D eigenvalue weighted by atomic mass is 9.98. The summed E-state index contributed by atoms with van der Waals surface area (Å²) in [5.74, 6) is -0.189. The second-order valence-electron chi connectivity index (χ2n) is 3.14. The van der Waals surface area contributed by atoms with Gasteiger partial charge in [-0.1, -0.05) is 0 Å². The third-order valence-electron chi connectivity index (χ3n) is 1.84. The van der Waals surface area contributed by atoms with Crippen LogP contribution in [-0.2, 0) is 10.3 Å². The molecule has 0 atom stereocenters. The molecule has 0 saturated carbocycles. The monoisotopic (exact) mass is 178 g/mol. The van der Waals surface area contributed by atoms with E-state index >= 15 is 0 Å². The van der Waals surface area contributed by atoms with Crippen LogP contribution >= 0.6 is 0 Å². The van der Waals surface area contributed by atoms with Crippen molar-refractivity contribution in [2.24, 2.45) is 0 Å². The highest BCUT2D eigenvalue weighted by atomic mass is 16.1. The maximum atomic E-state index is 11.4. The van der Waals surface area contributed by atoms with Crippen molar-refractivity contribution < 1.29 is 4.79 Å². The van der Waals surface area contributed by atoms with E-state index in [4.69, 9.17) is 5.26 Å². The minimum Gasteiger partial charge on any atom is -0.296 e. The summed E-state index contributed by atoms with van der Waals surface area (Å²) in [6.45, 7) is 3.37. The van der Waals surface area contributed by atoms with E-state index in [9.17, 15) is 4.79 Å². The van der Waals surface area contributed by atoms with Crippen molar-refractivity contribution >= 4 is 5.78 Å². The molecule has 0 spiro atoms. The molecule has 68 valence electrons. The molecular formula is C8H10N4O. The Bertz CT molecular complexity index is 334. The van der Waals surface area contributed by atoms with Gasteiger partial charge in [0.2, 0.25) is 0 Å². The fourth-order valence-corrected chi connectivity index (χ4v) is 0.904. The van der Waals surface area contributed by atoms with Crippen LogP contribution in [0.2, 0.25) is 0 Å². The predicted molar refractivity (Wildman–Crippen MR) is 44.6 cm³/mol. The van der Waals surface area contributed by atoms with E-state index in [-0.39, 0.29) is 12.2 Å². The zero-order valence-electron chi connectivity index (χ0n) is 7.56. The van der Waals surface area contributed by atoms with Crippen LogP contribution in [0, 0.1) is 11.3 Å². The summed E-state index contributed by atoms with van der Waals surface area (Å²) < 4.78 is 0. The first-order valence-corrected chi connectivity index (χ1v) is 3.86. The number of carbonyl (C=O) groups is 1. The molecule has 0 bridgehead atoms. The molecule has 0 aliphatic heterocycles. The Morgan fingerprint density at radius 1 is 1.54 bits per heavy atom. The lowest BCUT2D eigenvalue weighted by Gasteiger charge is -2.20. The molecule has 0 amide bonds.